The van der Waals surface area contributed by atoms with E-state index < -0.39 is 10.0 Å². The van der Waals surface area contributed by atoms with Crippen LogP contribution in [0.4, 0.5) is 0 Å². The number of imidazole rings is 1. The minimum absolute atomic E-state index is 0.182. The topological polar surface area (TPSA) is 79.6 Å². The van der Waals surface area contributed by atoms with Gasteiger partial charge in [-0.3, -0.25) is 9.13 Å². The molecule has 1 saturated heterocycles. The molecular weight excluding hydrogens is 362 g/mol. The second kappa shape index (κ2) is 6.43. The molecule has 10 heteroatoms. The van der Waals surface area contributed by atoms with Gasteiger partial charge in [-0.1, -0.05) is 0 Å². The van der Waals surface area contributed by atoms with E-state index in [0.29, 0.717) is 42.3 Å². The highest BCUT2D eigenvalue weighted by Crippen LogP contribution is 2.22. The molecule has 25 heavy (non-hydrogen) atoms. The van der Waals surface area contributed by atoms with Crippen molar-refractivity contribution in [2.75, 3.05) is 33.2 Å². The van der Waals surface area contributed by atoms with E-state index in [1.165, 1.54) is 13.4 Å². The van der Waals surface area contributed by atoms with Gasteiger partial charge in [0.1, 0.15) is 0 Å². The van der Waals surface area contributed by atoms with Gasteiger partial charge in [0.05, 0.1) is 15.9 Å². The van der Waals surface area contributed by atoms with Crippen molar-refractivity contribution in [3.8, 4) is 0 Å². The SMILES string of the molecule is CNC(=S)N1CCN(S(=O)(=O)c2ccc3c(c2)n(C)c(=O)n3C)CC1. The van der Waals surface area contributed by atoms with Crippen molar-refractivity contribution in [3.05, 3.63) is 28.7 Å². The summed E-state index contributed by atoms with van der Waals surface area (Å²) in [4.78, 5) is 14.2. The fraction of sp³-hybridized carbons (Fsp3) is 0.467. The summed E-state index contributed by atoms with van der Waals surface area (Å²) in [5.74, 6) is 0. The van der Waals surface area contributed by atoms with Crippen LogP contribution in [0.3, 0.4) is 0 Å². The first kappa shape index (κ1) is 17.9. The first-order valence-corrected chi connectivity index (χ1v) is 9.74. The van der Waals surface area contributed by atoms with Crippen LogP contribution in [0.1, 0.15) is 0 Å². The summed E-state index contributed by atoms with van der Waals surface area (Å²) in [6.45, 7) is 1.84. The fourth-order valence-electron chi connectivity index (χ4n) is 3.09. The molecule has 1 N–H and O–H groups in total. The quantitative estimate of drug-likeness (QED) is 0.717. The number of nitrogens with zero attached hydrogens (tertiary/aromatic N) is 4. The number of nitrogens with one attached hydrogen (secondary N) is 1. The van der Waals surface area contributed by atoms with Crippen LogP contribution in [-0.2, 0) is 24.1 Å². The summed E-state index contributed by atoms with van der Waals surface area (Å²) < 4.78 is 30.3. The van der Waals surface area contributed by atoms with Gasteiger partial charge in [-0.15, -0.1) is 0 Å². The van der Waals surface area contributed by atoms with Crippen LogP contribution in [0.2, 0.25) is 0 Å². The number of aryl methyl sites for hydroxylation is 2. The third-order valence-electron chi connectivity index (χ3n) is 4.62. The van der Waals surface area contributed by atoms with E-state index in [1.54, 1.807) is 39.3 Å². The maximum Gasteiger partial charge on any atom is 0.328 e. The van der Waals surface area contributed by atoms with Gasteiger partial charge in [0.15, 0.2) is 5.11 Å². The third kappa shape index (κ3) is 2.94. The number of fused-ring (bicyclic) bond motifs is 1. The molecule has 0 saturated carbocycles. The summed E-state index contributed by atoms with van der Waals surface area (Å²) >= 11 is 5.19. The Morgan fingerprint density at radius 2 is 1.68 bits per heavy atom. The zero-order chi connectivity index (χ0) is 18.4. The molecule has 0 spiro atoms. The molecule has 1 fully saturated rings. The number of rotatable bonds is 2. The molecule has 1 aliphatic rings. The van der Waals surface area contributed by atoms with Gasteiger partial charge in [-0.2, -0.15) is 4.31 Å². The lowest BCUT2D eigenvalue weighted by Crippen LogP contribution is -2.52. The van der Waals surface area contributed by atoms with Crippen LogP contribution in [0.15, 0.2) is 27.9 Å². The monoisotopic (exact) mass is 383 g/mol. The molecule has 1 aliphatic heterocycles. The van der Waals surface area contributed by atoms with E-state index in [4.69, 9.17) is 12.2 Å². The van der Waals surface area contributed by atoms with Crippen LogP contribution < -0.4 is 11.0 Å². The highest BCUT2D eigenvalue weighted by molar-refractivity contribution is 7.89. The van der Waals surface area contributed by atoms with Crippen LogP contribution >= 0.6 is 12.2 Å². The van der Waals surface area contributed by atoms with Crippen molar-refractivity contribution in [2.24, 2.45) is 14.1 Å². The molecule has 3 rings (SSSR count). The van der Waals surface area contributed by atoms with Crippen molar-refractivity contribution >= 4 is 38.4 Å². The predicted molar refractivity (Wildman–Crippen MR) is 100 cm³/mol. The number of thiocarbonyl (C=S) groups is 1. The zero-order valence-electron chi connectivity index (χ0n) is 14.4. The molecule has 1 aromatic heterocycles. The van der Waals surface area contributed by atoms with E-state index in [0.717, 1.165) is 0 Å². The largest absolute Gasteiger partial charge is 0.366 e. The average molecular weight is 383 g/mol. The molecular formula is C15H21N5O3S2. The molecule has 0 bridgehead atoms. The molecule has 2 aromatic rings. The Kier molecular flexibility index (Phi) is 4.60. The van der Waals surface area contributed by atoms with Gasteiger partial charge in [-0.05, 0) is 30.4 Å². The first-order chi connectivity index (χ1) is 11.8. The van der Waals surface area contributed by atoms with Gasteiger partial charge in [0.25, 0.3) is 0 Å². The molecule has 0 unspecified atom stereocenters. The van der Waals surface area contributed by atoms with Crippen LogP contribution in [0.5, 0.6) is 0 Å². The number of piperazine rings is 1. The summed E-state index contributed by atoms with van der Waals surface area (Å²) in [5.41, 5.74) is 1.12. The van der Waals surface area contributed by atoms with Gasteiger partial charge in [-0.25, -0.2) is 13.2 Å². The number of benzene rings is 1. The molecule has 2 heterocycles. The standard InChI is InChI=1S/C15H21N5O3S2/c1-16-14(24)19-6-8-20(9-7-19)25(22,23)11-4-5-12-13(10-11)18(3)15(21)17(12)2/h4-5,10H,6-9H2,1-3H3,(H,16,24). The second-order valence-corrected chi connectivity index (χ2v) is 8.32. The second-order valence-electron chi connectivity index (χ2n) is 6.00. The predicted octanol–water partition coefficient (Wildman–Crippen LogP) is -0.312. The Balaban J connectivity index is 1.91. The van der Waals surface area contributed by atoms with Crippen molar-refractivity contribution in [3.63, 3.8) is 0 Å². The van der Waals surface area contributed by atoms with Crippen molar-refractivity contribution < 1.29 is 8.42 Å². The highest BCUT2D eigenvalue weighted by atomic mass is 32.2. The normalized spacial score (nSPS) is 16.4. The molecule has 0 radical (unpaired) electrons. The van der Waals surface area contributed by atoms with E-state index >= 15 is 0 Å². The van der Waals surface area contributed by atoms with E-state index in [2.05, 4.69) is 5.32 Å². The Hall–Kier alpha value is -1.91. The molecule has 1 aromatic carbocycles. The lowest BCUT2D eigenvalue weighted by atomic mass is 10.3. The zero-order valence-corrected chi connectivity index (χ0v) is 16.0. The third-order valence-corrected chi connectivity index (χ3v) is 6.98. The Labute approximate surface area is 151 Å². The summed E-state index contributed by atoms with van der Waals surface area (Å²) in [6, 6.07) is 4.80. The molecule has 136 valence electrons. The van der Waals surface area contributed by atoms with E-state index in [1.807, 2.05) is 4.90 Å². The lowest BCUT2D eigenvalue weighted by molar-refractivity contribution is 0.265. The minimum Gasteiger partial charge on any atom is -0.366 e. The summed E-state index contributed by atoms with van der Waals surface area (Å²) in [5, 5.41) is 3.53. The number of hydrogen-bond acceptors (Lipinski definition) is 4. The lowest BCUT2D eigenvalue weighted by Gasteiger charge is -2.35. The van der Waals surface area contributed by atoms with Crippen molar-refractivity contribution in [1.29, 1.82) is 0 Å². The van der Waals surface area contributed by atoms with Crippen LogP contribution in [0.25, 0.3) is 11.0 Å². The Bertz CT molecular complexity index is 984. The van der Waals surface area contributed by atoms with Gasteiger partial charge in [0, 0.05) is 47.3 Å². The molecule has 0 atom stereocenters. The van der Waals surface area contributed by atoms with Crippen molar-refractivity contribution in [2.45, 2.75) is 4.90 Å². The van der Waals surface area contributed by atoms with E-state index in [-0.39, 0.29) is 10.6 Å². The maximum absolute atomic E-state index is 12.9. The minimum atomic E-state index is -3.61. The van der Waals surface area contributed by atoms with Gasteiger partial charge < -0.3 is 10.2 Å². The summed E-state index contributed by atoms with van der Waals surface area (Å²) in [6.07, 6.45) is 0. The van der Waals surface area contributed by atoms with Crippen molar-refractivity contribution in [1.82, 2.24) is 23.7 Å². The van der Waals surface area contributed by atoms with E-state index in [9.17, 15) is 13.2 Å². The summed E-state index contributed by atoms with van der Waals surface area (Å²) in [7, 11) is 1.45. The van der Waals surface area contributed by atoms with Gasteiger partial charge >= 0.3 is 5.69 Å². The Morgan fingerprint density at radius 3 is 2.28 bits per heavy atom. The maximum atomic E-state index is 12.9. The number of aromatic nitrogens is 2. The molecule has 0 amide bonds. The number of hydrogen-bond donors (Lipinski definition) is 1. The smallest absolute Gasteiger partial charge is 0.328 e. The molecule has 8 nitrogen and oxygen atoms in total. The first-order valence-electron chi connectivity index (χ1n) is 7.89. The molecule has 0 aliphatic carbocycles. The number of sulfonamides is 1. The van der Waals surface area contributed by atoms with Crippen LogP contribution in [-0.4, -0.2) is 65.1 Å². The van der Waals surface area contributed by atoms with Gasteiger partial charge in [0.2, 0.25) is 10.0 Å². The highest BCUT2D eigenvalue weighted by Gasteiger charge is 2.29. The average Bonchev–Trinajstić information content (AvgIpc) is 2.85. The van der Waals surface area contributed by atoms with Crippen LogP contribution in [0, 0.1) is 0 Å². The Morgan fingerprint density at radius 1 is 1.08 bits per heavy atom. The fourth-order valence-corrected chi connectivity index (χ4v) is 4.71.